The highest BCUT2D eigenvalue weighted by molar-refractivity contribution is 5.73. The highest BCUT2D eigenvalue weighted by atomic mass is 16.4. The van der Waals surface area contributed by atoms with Crippen molar-refractivity contribution in [1.29, 1.82) is 0 Å². The molecule has 1 atom stereocenters. The van der Waals surface area contributed by atoms with Crippen LogP contribution in [0, 0.1) is 0 Å². The summed E-state index contributed by atoms with van der Waals surface area (Å²) in [5.41, 5.74) is 6.26. The Morgan fingerprint density at radius 1 is 1.71 bits per heavy atom. The monoisotopic (exact) mass is 195 g/mol. The molecule has 5 heteroatoms. The van der Waals surface area contributed by atoms with Crippen molar-refractivity contribution < 1.29 is 9.90 Å². The molecule has 1 unspecified atom stereocenters. The molecule has 14 heavy (non-hydrogen) atoms. The number of nitrogens with zero attached hydrogens (tertiary/aromatic N) is 2. The molecule has 0 amide bonds. The molecular formula is C9H13N3O2. The number of aryl methyl sites for hydroxylation is 1. The molecule has 3 N–H and O–H groups in total. The predicted octanol–water partition coefficient (Wildman–Crippen LogP) is -0.00660. The highest BCUT2D eigenvalue weighted by Gasteiger charge is 2.13. The van der Waals surface area contributed by atoms with E-state index in [1.807, 2.05) is 6.92 Å². The van der Waals surface area contributed by atoms with E-state index in [0.717, 1.165) is 12.1 Å². The summed E-state index contributed by atoms with van der Waals surface area (Å²) in [4.78, 5) is 18.6. The van der Waals surface area contributed by atoms with Crippen molar-refractivity contribution in [1.82, 2.24) is 9.97 Å². The molecule has 1 aromatic rings. The summed E-state index contributed by atoms with van der Waals surface area (Å²) in [6.07, 6.45) is 2.59. The summed E-state index contributed by atoms with van der Waals surface area (Å²) in [6, 6.07) is 0.873. The minimum Gasteiger partial charge on any atom is -0.480 e. The summed E-state index contributed by atoms with van der Waals surface area (Å²) in [5.74, 6) is -0.547. The first-order chi connectivity index (χ1) is 6.63. The smallest absolute Gasteiger partial charge is 0.320 e. The van der Waals surface area contributed by atoms with Crippen LogP contribution in [0.1, 0.15) is 18.4 Å². The molecule has 5 nitrogen and oxygen atoms in total. The topological polar surface area (TPSA) is 89.1 Å². The first kappa shape index (κ1) is 10.6. The third-order valence-electron chi connectivity index (χ3n) is 1.85. The van der Waals surface area contributed by atoms with Gasteiger partial charge in [-0.2, -0.15) is 0 Å². The summed E-state index contributed by atoms with van der Waals surface area (Å²) < 4.78 is 0. The van der Waals surface area contributed by atoms with Gasteiger partial charge in [0.05, 0.1) is 0 Å². The van der Waals surface area contributed by atoms with Crippen LogP contribution < -0.4 is 5.73 Å². The number of hydrogen-bond donors (Lipinski definition) is 2. The number of aliphatic carboxylic acids is 1. The number of hydrogen-bond acceptors (Lipinski definition) is 4. The first-order valence-electron chi connectivity index (χ1n) is 4.42. The summed E-state index contributed by atoms with van der Waals surface area (Å²) in [7, 11) is 0. The normalized spacial score (nSPS) is 12.4. The number of rotatable bonds is 4. The van der Waals surface area contributed by atoms with E-state index < -0.39 is 12.0 Å². The average molecular weight is 195 g/mol. The molecule has 0 spiro atoms. The van der Waals surface area contributed by atoms with Crippen molar-refractivity contribution in [2.24, 2.45) is 5.73 Å². The van der Waals surface area contributed by atoms with E-state index >= 15 is 0 Å². The van der Waals surface area contributed by atoms with Gasteiger partial charge in [0.1, 0.15) is 11.9 Å². The highest BCUT2D eigenvalue weighted by Crippen LogP contribution is 1.99. The van der Waals surface area contributed by atoms with Gasteiger partial charge >= 0.3 is 5.97 Å². The van der Waals surface area contributed by atoms with Crippen molar-refractivity contribution in [3.8, 4) is 0 Å². The summed E-state index contributed by atoms with van der Waals surface area (Å²) in [6.45, 7) is 1.98. The molecule has 0 saturated heterocycles. The second-order valence-electron chi connectivity index (χ2n) is 2.97. The van der Waals surface area contributed by atoms with E-state index in [2.05, 4.69) is 9.97 Å². The van der Waals surface area contributed by atoms with Crippen LogP contribution in [-0.4, -0.2) is 27.1 Å². The molecule has 0 aromatic carbocycles. The predicted molar refractivity (Wildman–Crippen MR) is 50.7 cm³/mol. The van der Waals surface area contributed by atoms with E-state index in [9.17, 15) is 4.79 Å². The van der Waals surface area contributed by atoms with Crippen LogP contribution in [0.5, 0.6) is 0 Å². The molecule has 0 saturated carbocycles. The van der Waals surface area contributed by atoms with Gasteiger partial charge in [0.25, 0.3) is 0 Å². The van der Waals surface area contributed by atoms with Crippen molar-refractivity contribution in [3.63, 3.8) is 0 Å². The maximum Gasteiger partial charge on any atom is 0.320 e. The molecular weight excluding hydrogens is 182 g/mol. The van der Waals surface area contributed by atoms with Gasteiger partial charge < -0.3 is 10.8 Å². The molecule has 0 aliphatic rings. The Bertz CT molecular complexity index is 328. The molecule has 76 valence electrons. The Morgan fingerprint density at radius 2 is 2.43 bits per heavy atom. The molecule has 0 aliphatic heterocycles. The zero-order valence-corrected chi connectivity index (χ0v) is 7.97. The molecule has 0 fully saturated rings. The minimum absolute atomic E-state index is 0.170. The van der Waals surface area contributed by atoms with E-state index in [1.165, 1.54) is 0 Å². The third kappa shape index (κ3) is 2.77. The van der Waals surface area contributed by atoms with Gasteiger partial charge in [0, 0.05) is 18.3 Å². The molecule has 0 radical (unpaired) electrons. The molecule has 1 rings (SSSR count). The van der Waals surface area contributed by atoms with Gasteiger partial charge in [-0.1, -0.05) is 6.92 Å². The summed E-state index contributed by atoms with van der Waals surface area (Å²) in [5, 5.41) is 8.59. The maximum absolute atomic E-state index is 10.5. The molecule has 1 aromatic heterocycles. The summed E-state index contributed by atoms with van der Waals surface area (Å²) >= 11 is 0. The average Bonchev–Trinajstić information content (AvgIpc) is 2.18. The Balaban J connectivity index is 2.71. The lowest BCUT2D eigenvalue weighted by Crippen LogP contribution is -2.33. The Morgan fingerprint density at radius 3 is 3.00 bits per heavy atom. The second kappa shape index (κ2) is 4.66. The zero-order valence-electron chi connectivity index (χ0n) is 7.97. The van der Waals surface area contributed by atoms with E-state index in [0.29, 0.717) is 5.82 Å². The van der Waals surface area contributed by atoms with Crippen LogP contribution in [0.25, 0.3) is 0 Å². The standard InChI is InChI=1S/C9H13N3O2/c1-2-6-3-4-11-8(12-6)5-7(10)9(13)14/h3-4,7H,2,5,10H2,1H3,(H,13,14). The van der Waals surface area contributed by atoms with E-state index in [-0.39, 0.29) is 6.42 Å². The van der Waals surface area contributed by atoms with Crippen molar-refractivity contribution >= 4 is 5.97 Å². The Hall–Kier alpha value is -1.49. The van der Waals surface area contributed by atoms with Crippen molar-refractivity contribution in [2.45, 2.75) is 25.8 Å². The van der Waals surface area contributed by atoms with Crippen LogP contribution in [0.2, 0.25) is 0 Å². The number of carboxylic acids is 1. The third-order valence-corrected chi connectivity index (χ3v) is 1.85. The van der Waals surface area contributed by atoms with E-state index in [4.69, 9.17) is 10.8 Å². The fourth-order valence-corrected chi connectivity index (χ4v) is 1.02. The molecule has 0 bridgehead atoms. The van der Waals surface area contributed by atoms with Crippen LogP contribution in [0.15, 0.2) is 12.3 Å². The van der Waals surface area contributed by atoms with Crippen molar-refractivity contribution in [3.05, 3.63) is 23.8 Å². The van der Waals surface area contributed by atoms with Gasteiger partial charge in [-0.25, -0.2) is 9.97 Å². The first-order valence-corrected chi connectivity index (χ1v) is 4.42. The van der Waals surface area contributed by atoms with Gasteiger partial charge in [-0.05, 0) is 12.5 Å². The van der Waals surface area contributed by atoms with Crippen LogP contribution in [0.4, 0.5) is 0 Å². The maximum atomic E-state index is 10.5. The lowest BCUT2D eigenvalue weighted by atomic mass is 10.2. The number of aromatic nitrogens is 2. The number of nitrogens with two attached hydrogens (primary N) is 1. The van der Waals surface area contributed by atoms with Crippen LogP contribution in [0.3, 0.4) is 0 Å². The van der Waals surface area contributed by atoms with E-state index in [1.54, 1.807) is 12.3 Å². The number of carboxylic acid groups (broad SMARTS) is 1. The molecule has 1 heterocycles. The van der Waals surface area contributed by atoms with Gasteiger partial charge in [-0.3, -0.25) is 4.79 Å². The fourth-order valence-electron chi connectivity index (χ4n) is 1.02. The lowest BCUT2D eigenvalue weighted by molar-refractivity contribution is -0.138. The van der Waals surface area contributed by atoms with Gasteiger partial charge in [-0.15, -0.1) is 0 Å². The van der Waals surface area contributed by atoms with Gasteiger partial charge in [0.2, 0.25) is 0 Å². The quantitative estimate of drug-likeness (QED) is 0.705. The van der Waals surface area contributed by atoms with Crippen molar-refractivity contribution in [2.75, 3.05) is 0 Å². The number of carbonyl (C=O) groups is 1. The SMILES string of the molecule is CCc1ccnc(CC(N)C(=O)O)n1. The van der Waals surface area contributed by atoms with Crippen LogP contribution >= 0.6 is 0 Å². The lowest BCUT2D eigenvalue weighted by Gasteiger charge is -2.05. The largest absolute Gasteiger partial charge is 0.480 e. The van der Waals surface area contributed by atoms with Gasteiger partial charge in [0.15, 0.2) is 0 Å². The Labute approximate surface area is 82.0 Å². The zero-order chi connectivity index (χ0) is 10.6. The molecule has 0 aliphatic carbocycles. The van der Waals surface area contributed by atoms with Crippen LogP contribution in [-0.2, 0) is 17.6 Å². The second-order valence-corrected chi connectivity index (χ2v) is 2.97. The minimum atomic E-state index is -1.03. The fraction of sp³-hybridized carbons (Fsp3) is 0.444. The Kier molecular flexibility index (Phi) is 3.53.